The summed E-state index contributed by atoms with van der Waals surface area (Å²) in [4.78, 5) is 25.2. The van der Waals surface area contributed by atoms with Gasteiger partial charge in [-0.05, 0) is 20.3 Å². The minimum Gasteiger partial charge on any atom is -0.387 e. The van der Waals surface area contributed by atoms with E-state index in [2.05, 4.69) is 4.98 Å². The van der Waals surface area contributed by atoms with Crippen molar-refractivity contribution in [3.05, 3.63) is 32.6 Å². The highest BCUT2D eigenvalue weighted by Gasteiger charge is 2.45. The Kier molecular flexibility index (Phi) is 5.91. The van der Waals surface area contributed by atoms with Gasteiger partial charge in [0.15, 0.2) is 20.4 Å². The summed E-state index contributed by atoms with van der Waals surface area (Å²) in [6, 6.07) is 0. The maximum atomic E-state index is 14.3. The highest BCUT2D eigenvalue weighted by Crippen LogP contribution is 2.34. The van der Waals surface area contributed by atoms with Crippen LogP contribution in [0.15, 0.2) is 15.8 Å². The average molecular weight is 350 g/mol. The fourth-order valence-electron chi connectivity index (χ4n) is 2.43. The van der Waals surface area contributed by atoms with E-state index in [0.717, 1.165) is 4.57 Å². The highest BCUT2D eigenvalue weighted by atomic mass is 31.1. The van der Waals surface area contributed by atoms with Gasteiger partial charge in [-0.15, -0.1) is 0 Å². The number of hydrogen-bond donors (Lipinski definition) is 2. The van der Waals surface area contributed by atoms with E-state index >= 15 is 0 Å². The van der Waals surface area contributed by atoms with Crippen molar-refractivity contribution >= 4 is 8.03 Å². The van der Waals surface area contributed by atoms with Crippen LogP contribution in [0.2, 0.25) is 0 Å². The van der Waals surface area contributed by atoms with Crippen molar-refractivity contribution in [3.63, 3.8) is 0 Å². The second kappa shape index (κ2) is 7.53. The molecule has 5 atom stereocenters. The molecule has 0 saturated carbocycles. The SMILES string of the molecule is CCO[PH](=O)CCC1OC(n2cc(C)c(=O)[nH]c2=O)[C@H](F)[C@@H]1O. The number of nitrogens with one attached hydrogen (secondary N) is 1. The van der Waals surface area contributed by atoms with Crippen LogP contribution in [0.3, 0.4) is 0 Å². The summed E-state index contributed by atoms with van der Waals surface area (Å²) >= 11 is 0. The molecular weight excluding hydrogens is 330 g/mol. The smallest absolute Gasteiger partial charge is 0.330 e. The van der Waals surface area contributed by atoms with Gasteiger partial charge in [-0.2, -0.15) is 0 Å². The lowest BCUT2D eigenvalue weighted by molar-refractivity contribution is -0.0279. The second-order valence-corrected chi connectivity index (χ2v) is 6.86. The molecule has 1 fully saturated rings. The molecule has 8 nitrogen and oxygen atoms in total. The standard InChI is InChI=1S/C13H20FN2O6P/c1-3-21-23(20)5-4-8-10(17)9(14)12(22-8)16-6-7(2)11(18)15-13(16)19/h6,8-10,12,17,23H,3-5H2,1-2H3,(H,15,18,19)/t8?,9-,10-,12?/m1/s1. The third kappa shape index (κ3) is 3.98. The van der Waals surface area contributed by atoms with Gasteiger partial charge < -0.3 is 14.4 Å². The number of aryl methyl sites for hydroxylation is 1. The number of aliphatic hydroxyl groups excluding tert-OH is 1. The van der Waals surface area contributed by atoms with Gasteiger partial charge in [0.1, 0.15) is 6.10 Å². The summed E-state index contributed by atoms with van der Waals surface area (Å²) in [6.07, 6.45) is -4.04. The predicted octanol–water partition coefficient (Wildman–Crippen LogP) is 0.343. The van der Waals surface area contributed by atoms with Crippen molar-refractivity contribution in [1.29, 1.82) is 0 Å². The van der Waals surface area contributed by atoms with E-state index in [1.807, 2.05) is 0 Å². The molecule has 1 aromatic rings. The third-order valence-electron chi connectivity index (χ3n) is 3.65. The first kappa shape index (κ1) is 18.1. The van der Waals surface area contributed by atoms with Crippen molar-refractivity contribution in [2.24, 2.45) is 0 Å². The lowest BCUT2D eigenvalue weighted by atomic mass is 10.1. The molecule has 0 spiro atoms. The number of aromatic amines is 1. The topological polar surface area (TPSA) is 111 Å². The molecule has 2 N–H and O–H groups in total. The van der Waals surface area contributed by atoms with Crippen LogP contribution in [0, 0.1) is 6.92 Å². The molecule has 0 aliphatic carbocycles. The molecule has 1 saturated heterocycles. The minimum absolute atomic E-state index is 0.146. The Bertz CT molecular complexity index is 690. The largest absolute Gasteiger partial charge is 0.387 e. The van der Waals surface area contributed by atoms with E-state index in [4.69, 9.17) is 9.26 Å². The van der Waals surface area contributed by atoms with Crippen LogP contribution in [0.4, 0.5) is 4.39 Å². The quantitative estimate of drug-likeness (QED) is 0.716. The summed E-state index contributed by atoms with van der Waals surface area (Å²) < 4.78 is 37.1. The van der Waals surface area contributed by atoms with E-state index in [9.17, 15) is 23.7 Å². The van der Waals surface area contributed by atoms with E-state index in [-0.39, 0.29) is 18.1 Å². The van der Waals surface area contributed by atoms with Crippen LogP contribution >= 0.6 is 8.03 Å². The predicted molar refractivity (Wildman–Crippen MR) is 81.0 cm³/mol. The fourth-order valence-corrected chi connectivity index (χ4v) is 3.42. The van der Waals surface area contributed by atoms with Crippen LogP contribution in [0.25, 0.3) is 0 Å². The molecule has 2 rings (SSSR count). The molecule has 2 heterocycles. The van der Waals surface area contributed by atoms with Crippen molar-refractivity contribution < 1.29 is 23.3 Å². The Morgan fingerprint density at radius 1 is 1.52 bits per heavy atom. The fraction of sp³-hybridized carbons (Fsp3) is 0.692. The van der Waals surface area contributed by atoms with Crippen LogP contribution in [0.1, 0.15) is 25.1 Å². The summed E-state index contributed by atoms with van der Waals surface area (Å²) in [5.41, 5.74) is -1.16. The number of H-pyrrole nitrogens is 1. The molecule has 0 bridgehead atoms. The normalized spacial score (nSPS) is 28.9. The van der Waals surface area contributed by atoms with E-state index < -0.39 is 43.9 Å². The number of aliphatic hydroxyl groups is 1. The minimum atomic E-state index is -2.25. The molecule has 0 amide bonds. The first-order valence-corrected chi connectivity index (χ1v) is 8.82. The Morgan fingerprint density at radius 2 is 2.22 bits per heavy atom. The number of aromatic nitrogens is 2. The second-order valence-electron chi connectivity index (χ2n) is 5.32. The summed E-state index contributed by atoms with van der Waals surface area (Å²) in [6.45, 7) is 3.49. The lowest BCUT2D eigenvalue weighted by Gasteiger charge is -2.16. The first-order chi connectivity index (χ1) is 10.8. The maximum Gasteiger partial charge on any atom is 0.330 e. The average Bonchev–Trinajstić information content (AvgIpc) is 2.77. The van der Waals surface area contributed by atoms with E-state index in [0.29, 0.717) is 6.61 Å². The molecule has 0 aromatic carbocycles. The molecule has 3 unspecified atom stereocenters. The zero-order valence-corrected chi connectivity index (χ0v) is 13.8. The Balaban J connectivity index is 2.14. The number of halogens is 1. The number of ether oxygens (including phenoxy) is 1. The Hall–Kier alpha value is -1.28. The van der Waals surface area contributed by atoms with Gasteiger partial charge in [-0.1, -0.05) is 0 Å². The van der Waals surface area contributed by atoms with Gasteiger partial charge in [0.25, 0.3) is 5.56 Å². The Labute approximate surface area is 132 Å². The number of rotatable bonds is 6. The van der Waals surface area contributed by atoms with Gasteiger partial charge in [0, 0.05) is 17.9 Å². The van der Waals surface area contributed by atoms with E-state index in [1.165, 1.54) is 13.1 Å². The molecule has 130 valence electrons. The molecule has 1 aromatic heterocycles. The zero-order chi connectivity index (χ0) is 17.1. The zero-order valence-electron chi connectivity index (χ0n) is 12.8. The number of nitrogens with zero attached hydrogens (tertiary/aromatic N) is 1. The van der Waals surface area contributed by atoms with Crippen LogP contribution in [-0.4, -0.2) is 45.8 Å². The lowest BCUT2D eigenvalue weighted by Crippen LogP contribution is -2.36. The summed E-state index contributed by atoms with van der Waals surface area (Å²) in [5.74, 6) is 0. The van der Waals surface area contributed by atoms with Crippen molar-refractivity contribution in [1.82, 2.24) is 9.55 Å². The first-order valence-electron chi connectivity index (χ1n) is 7.30. The number of hydrogen-bond acceptors (Lipinski definition) is 6. The molecular formula is C13H20FN2O6P. The van der Waals surface area contributed by atoms with Gasteiger partial charge in [0.2, 0.25) is 0 Å². The maximum absolute atomic E-state index is 14.3. The van der Waals surface area contributed by atoms with Crippen LogP contribution < -0.4 is 11.2 Å². The third-order valence-corrected chi connectivity index (χ3v) is 4.96. The van der Waals surface area contributed by atoms with Gasteiger partial charge >= 0.3 is 5.69 Å². The molecule has 0 radical (unpaired) electrons. The molecule has 1 aliphatic rings. The molecule has 1 aliphatic heterocycles. The van der Waals surface area contributed by atoms with Crippen molar-refractivity contribution in [3.8, 4) is 0 Å². The van der Waals surface area contributed by atoms with Crippen LogP contribution in [0.5, 0.6) is 0 Å². The van der Waals surface area contributed by atoms with E-state index in [1.54, 1.807) is 6.92 Å². The monoisotopic (exact) mass is 350 g/mol. The van der Waals surface area contributed by atoms with Crippen molar-refractivity contribution in [2.45, 2.75) is 44.9 Å². The molecule has 23 heavy (non-hydrogen) atoms. The number of alkyl halides is 1. The van der Waals surface area contributed by atoms with Gasteiger partial charge in [-0.25, -0.2) is 9.18 Å². The Morgan fingerprint density at radius 3 is 2.87 bits per heavy atom. The summed E-state index contributed by atoms with van der Waals surface area (Å²) in [7, 11) is -2.25. The molecule has 10 heteroatoms. The van der Waals surface area contributed by atoms with Crippen molar-refractivity contribution in [2.75, 3.05) is 12.8 Å². The van der Waals surface area contributed by atoms with Gasteiger partial charge in [-0.3, -0.25) is 18.9 Å². The summed E-state index contributed by atoms with van der Waals surface area (Å²) in [5, 5.41) is 9.93. The van der Waals surface area contributed by atoms with Crippen LogP contribution in [-0.2, 0) is 13.8 Å². The highest BCUT2D eigenvalue weighted by molar-refractivity contribution is 7.39. The van der Waals surface area contributed by atoms with Gasteiger partial charge in [0.05, 0.1) is 12.7 Å².